The first-order valence-corrected chi connectivity index (χ1v) is 9.35. The summed E-state index contributed by atoms with van der Waals surface area (Å²) < 4.78 is 5.23. The second kappa shape index (κ2) is 6.67. The fourth-order valence-corrected chi connectivity index (χ4v) is 4.61. The van der Waals surface area contributed by atoms with Gasteiger partial charge in [0.1, 0.15) is 5.76 Å². The Morgan fingerprint density at radius 3 is 2.62 bits per heavy atom. The number of aromatic nitrogens is 2. The van der Waals surface area contributed by atoms with E-state index in [2.05, 4.69) is 19.0 Å². The van der Waals surface area contributed by atoms with Crippen LogP contribution in [0.3, 0.4) is 0 Å². The van der Waals surface area contributed by atoms with Gasteiger partial charge in [0.05, 0.1) is 22.3 Å². The van der Waals surface area contributed by atoms with Crippen molar-refractivity contribution in [2.24, 2.45) is 0 Å². The monoisotopic (exact) mass is 347 g/mol. The van der Waals surface area contributed by atoms with Crippen LogP contribution in [0.1, 0.15) is 64.2 Å². The Balaban J connectivity index is 1.75. The van der Waals surface area contributed by atoms with E-state index in [1.54, 1.807) is 11.3 Å². The van der Waals surface area contributed by atoms with Crippen molar-refractivity contribution in [1.29, 1.82) is 0 Å². The average molecular weight is 347 g/mol. The maximum Gasteiger partial charge on any atom is 0.230 e. The summed E-state index contributed by atoms with van der Waals surface area (Å²) in [5, 5.41) is 5.16. The zero-order valence-corrected chi connectivity index (χ0v) is 15.9. The number of aryl methyl sites for hydroxylation is 4. The van der Waals surface area contributed by atoms with Gasteiger partial charge < -0.3 is 9.42 Å². The Morgan fingerprint density at radius 2 is 2.04 bits per heavy atom. The number of carbonyl (C=O) groups excluding carboxylic acids is 1. The molecule has 0 aromatic carbocycles. The Morgan fingerprint density at radius 1 is 1.29 bits per heavy atom. The highest BCUT2D eigenvalue weighted by Gasteiger charge is 2.31. The van der Waals surface area contributed by atoms with Gasteiger partial charge in [0.2, 0.25) is 5.91 Å². The Hall–Kier alpha value is -1.69. The first-order chi connectivity index (χ1) is 11.4. The summed E-state index contributed by atoms with van der Waals surface area (Å²) in [5.74, 6) is 1.05. The van der Waals surface area contributed by atoms with Crippen LogP contribution in [0.4, 0.5) is 0 Å². The Labute approximate surface area is 147 Å². The lowest BCUT2D eigenvalue weighted by Crippen LogP contribution is -2.41. The van der Waals surface area contributed by atoms with Gasteiger partial charge in [0.15, 0.2) is 0 Å². The molecule has 6 heteroatoms. The fraction of sp³-hybridized carbons (Fsp3) is 0.611. The summed E-state index contributed by atoms with van der Waals surface area (Å²) in [6.07, 6.45) is 2.14. The van der Waals surface area contributed by atoms with Gasteiger partial charge in [-0.15, -0.1) is 11.3 Å². The predicted molar refractivity (Wildman–Crippen MR) is 94.5 cm³/mol. The van der Waals surface area contributed by atoms with Gasteiger partial charge in [0.25, 0.3) is 0 Å². The third-order valence-corrected chi connectivity index (χ3v) is 6.25. The molecular formula is C18H25N3O2S. The smallest absolute Gasteiger partial charge is 0.230 e. The molecule has 24 heavy (non-hydrogen) atoms. The van der Waals surface area contributed by atoms with E-state index >= 15 is 0 Å². The number of piperidine rings is 1. The van der Waals surface area contributed by atoms with Crippen LogP contribution in [-0.2, 0) is 4.79 Å². The van der Waals surface area contributed by atoms with Crippen LogP contribution in [0.5, 0.6) is 0 Å². The molecule has 3 heterocycles. The Kier molecular flexibility index (Phi) is 4.76. The summed E-state index contributed by atoms with van der Waals surface area (Å²) in [7, 11) is 0. The van der Waals surface area contributed by atoms with Crippen LogP contribution in [-0.4, -0.2) is 34.0 Å². The van der Waals surface area contributed by atoms with Gasteiger partial charge in [0, 0.05) is 29.4 Å². The van der Waals surface area contributed by atoms with Crippen molar-refractivity contribution in [3.8, 4) is 0 Å². The van der Waals surface area contributed by atoms with Crippen molar-refractivity contribution in [2.75, 3.05) is 13.1 Å². The van der Waals surface area contributed by atoms with Gasteiger partial charge in [-0.25, -0.2) is 4.98 Å². The second-order valence-electron chi connectivity index (χ2n) is 6.78. The minimum Gasteiger partial charge on any atom is -0.361 e. The molecule has 0 saturated carbocycles. The van der Waals surface area contributed by atoms with Gasteiger partial charge in [-0.05, 0) is 47.5 Å². The molecule has 2 atom stereocenters. The molecule has 0 radical (unpaired) electrons. The minimum absolute atomic E-state index is 0.166. The molecule has 5 nitrogen and oxygen atoms in total. The van der Waals surface area contributed by atoms with Crippen LogP contribution in [0.15, 0.2) is 4.52 Å². The van der Waals surface area contributed by atoms with Crippen LogP contribution >= 0.6 is 11.3 Å². The van der Waals surface area contributed by atoms with Gasteiger partial charge in [-0.1, -0.05) is 5.16 Å². The van der Waals surface area contributed by atoms with Crippen molar-refractivity contribution in [3.63, 3.8) is 0 Å². The van der Waals surface area contributed by atoms with Crippen molar-refractivity contribution in [3.05, 3.63) is 32.6 Å². The van der Waals surface area contributed by atoms with E-state index < -0.39 is 0 Å². The number of amides is 1. The van der Waals surface area contributed by atoms with E-state index in [0.29, 0.717) is 5.92 Å². The lowest BCUT2D eigenvalue weighted by Gasteiger charge is -2.33. The topological polar surface area (TPSA) is 59.2 Å². The first kappa shape index (κ1) is 17.1. The molecule has 1 fully saturated rings. The maximum atomic E-state index is 13.0. The zero-order chi connectivity index (χ0) is 17.4. The van der Waals surface area contributed by atoms with Gasteiger partial charge >= 0.3 is 0 Å². The van der Waals surface area contributed by atoms with Crippen LogP contribution < -0.4 is 0 Å². The average Bonchev–Trinajstić information content (AvgIpc) is 3.08. The molecule has 2 aromatic heterocycles. The molecule has 0 aliphatic carbocycles. The van der Waals surface area contributed by atoms with Crippen molar-refractivity contribution < 1.29 is 9.32 Å². The summed E-state index contributed by atoms with van der Waals surface area (Å²) in [4.78, 5) is 21.0. The molecular weight excluding hydrogens is 322 g/mol. The van der Waals surface area contributed by atoms with E-state index in [4.69, 9.17) is 9.51 Å². The zero-order valence-electron chi connectivity index (χ0n) is 15.0. The SMILES string of the molecule is Cc1nc([C@H]2CCCN(C(=O)[C@H](C)c3c(C)noc3C)C2)sc1C. The number of likely N-dealkylation sites (tertiary alicyclic amines) is 1. The maximum absolute atomic E-state index is 13.0. The number of rotatable bonds is 3. The summed E-state index contributed by atoms with van der Waals surface area (Å²) >= 11 is 1.77. The summed E-state index contributed by atoms with van der Waals surface area (Å²) in [5.41, 5.74) is 2.86. The molecule has 3 rings (SSSR count). The van der Waals surface area contributed by atoms with Gasteiger partial charge in [-0.3, -0.25) is 4.79 Å². The van der Waals surface area contributed by atoms with Crippen LogP contribution in [0.25, 0.3) is 0 Å². The van der Waals surface area contributed by atoms with E-state index in [1.165, 1.54) is 9.88 Å². The lowest BCUT2D eigenvalue weighted by atomic mass is 9.94. The molecule has 130 valence electrons. The third kappa shape index (κ3) is 3.11. The molecule has 0 spiro atoms. The highest BCUT2D eigenvalue weighted by Crippen LogP contribution is 2.33. The normalized spacial score (nSPS) is 19.5. The fourth-order valence-electron chi connectivity index (χ4n) is 3.56. The molecule has 0 bridgehead atoms. The molecule has 0 unspecified atom stereocenters. The minimum atomic E-state index is -0.213. The van der Waals surface area contributed by atoms with E-state index in [9.17, 15) is 4.79 Å². The van der Waals surface area contributed by atoms with Crippen molar-refractivity contribution in [1.82, 2.24) is 15.0 Å². The third-order valence-electron chi connectivity index (χ3n) is 5.02. The molecule has 0 N–H and O–H groups in total. The number of hydrogen-bond donors (Lipinski definition) is 0. The molecule has 1 aliphatic heterocycles. The summed E-state index contributed by atoms with van der Waals surface area (Å²) in [6.45, 7) is 11.5. The molecule has 1 aliphatic rings. The van der Waals surface area contributed by atoms with Crippen molar-refractivity contribution >= 4 is 17.2 Å². The lowest BCUT2D eigenvalue weighted by molar-refractivity contribution is -0.133. The number of thiazole rings is 1. The Bertz CT molecular complexity index is 711. The van der Waals surface area contributed by atoms with E-state index in [1.807, 2.05) is 25.7 Å². The first-order valence-electron chi connectivity index (χ1n) is 8.54. The van der Waals surface area contributed by atoms with E-state index in [0.717, 1.165) is 48.6 Å². The second-order valence-corrected chi connectivity index (χ2v) is 8.01. The quantitative estimate of drug-likeness (QED) is 0.845. The largest absolute Gasteiger partial charge is 0.361 e. The predicted octanol–water partition coefficient (Wildman–Crippen LogP) is 3.87. The van der Waals surface area contributed by atoms with Crippen LogP contribution in [0.2, 0.25) is 0 Å². The highest BCUT2D eigenvalue weighted by molar-refractivity contribution is 7.11. The van der Waals surface area contributed by atoms with Crippen molar-refractivity contribution in [2.45, 2.75) is 59.3 Å². The standard InChI is InChI=1S/C18H25N3O2S/c1-10(16-12(3)20-23-13(16)4)18(22)21-8-6-7-15(9-21)17-19-11(2)14(5)24-17/h10,15H,6-9H2,1-5H3/t10-,15+/m1/s1. The molecule has 1 amide bonds. The number of nitrogens with zero attached hydrogens (tertiary/aromatic N) is 3. The van der Waals surface area contributed by atoms with E-state index in [-0.39, 0.29) is 11.8 Å². The summed E-state index contributed by atoms with van der Waals surface area (Å²) in [6, 6.07) is 0. The van der Waals surface area contributed by atoms with Gasteiger partial charge in [-0.2, -0.15) is 0 Å². The molecule has 2 aromatic rings. The number of carbonyl (C=O) groups is 1. The van der Waals surface area contributed by atoms with Crippen LogP contribution in [0, 0.1) is 27.7 Å². The highest BCUT2D eigenvalue weighted by atomic mass is 32.1. The molecule has 1 saturated heterocycles. The number of hydrogen-bond acceptors (Lipinski definition) is 5.